The zero-order chi connectivity index (χ0) is 19.7. The highest BCUT2D eigenvalue weighted by atomic mass is 19.1. The summed E-state index contributed by atoms with van der Waals surface area (Å²) in [6, 6.07) is 6.42. The van der Waals surface area contributed by atoms with Gasteiger partial charge in [-0.05, 0) is 63.0 Å². The van der Waals surface area contributed by atoms with Crippen LogP contribution >= 0.6 is 0 Å². The Morgan fingerprint density at radius 3 is 2.35 bits per heavy atom. The van der Waals surface area contributed by atoms with Gasteiger partial charge in [0.1, 0.15) is 5.82 Å². The fraction of sp³-hybridized carbons (Fsp3) is 0.435. The molecule has 142 valence electrons. The molecule has 2 nitrogen and oxygen atoms in total. The molecule has 0 spiro atoms. The monoisotopic (exact) mass is 356 g/mol. The van der Waals surface area contributed by atoms with Crippen LogP contribution < -0.4 is 0 Å². The lowest BCUT2D eigenvalue weighted by Gasteiger charge is -2.21. The average Bonchev–Trinajstić information content (AvgIpc) is 2.62. The van der Waals surface area contributed by atoms with Gasteiger partial charge in [0.05, 0.1) is 5.70 Å². The third-order valence-electron chi connectivity index (χ3n) is 4.64. The molecule has 0 N–H and O–H groups in total. The number of hydrogen-bond acceptors (Lipinski definition) is 2. The van der Waals surface area contributed by atoms with Gasteiger partial charge in [0, 0.05) is 25.0 Å². The minimum atomic E-state index is -0.236. The first kappa shape index (κ1) is 21.9. The molecule has 0 bridgehead atoms. The molecule has 0 saturated heterocycles. The molecule has 26 heavy (non-hydrogen) atoms. The van der Waals surface area contributed by atoms with E-state index < -0.39 is 0 Å². The molecule has 1 aromatic rings. The minimum Gasteiger partial charge on any atom is -0.375 e. The fourth-order valence-electron chi connectivity index (χ4n) is 2.32. The fourth-order valence-corrected chi connectivity index (χ4v) is 2.32. The van der Waals surface area contributed by atoms with E-state index in [4.69, 9.17) is 4.99 Å². The van der Waals surface area contributed by atoms with E-state index in [-0.39, 0.29) is 5.82 Å². The van der Waals surface area contributed by atoms with Crippen LogP contribution in [0, 0.1) is 11.7 Å². The highest BCUT2D eigenvalue weighted by Crippen LogP contribution is 2.14. The van der Waals surface area contributed by atoms with Crippen LogP contribution in [0.15, 0.2) is 65.0 Å². The molecule has 0 aliphatic heterocycles. The summed E-state index contributed by atoms with van der Waals surface area (Å²) in [7, 11) is 2.07. The maximum Gasteiger partial charge on any atom is 0.123 e. The lowest BCUT2D eigenvalue weighted by molar-refractivity contribution is 0.372. The zero-order valence-electron chi connectivity index (χ0n) is 17.1. The lowest BCUT2D eigenvalue weighted by Crippen LogP contribution is -2.19. The second kappa shape index (κ2) is 10.7. The maximum absolute atomic E-state index is 13.1. The first-order chi connectivity index (χ1) is 12.2. The van der Waals surface area contributed by atoms with Crippen molar-refractivity contribution in [2.24, 2.45) is 10.9 Å². The van der Waals surface area contributed by atoms with E-state index in [0.29, 0.717) is 0 Å². The van der Waals surface area contributed by atoms with Gasteiger partial charge in [-0.25, -0.2) is 4.39 Å². The Morgan fingerprint density at radius 2 is 1.81 bits per heavy atom. The molecule has 0 fully saturated rings. The molecule has 1 rings (SSSR count). The van der Waals surface area contributed by atoms with E-state index in [0.717, 1.165) is 47.1 Å². The second-order valence-corrected chi connectivity index (χ2v) is 7.14. The van der Waals surface area contributed by atoms with Crippen LogP contribution in [0.4, 0.5) is 4.39 Å². The van der Waals surface area contributed by atoms with Gasteiger partial charge < -0.3 is 4.90 Å². The Hall–Kier alpha value is -2.16. The smallest absolute Gasteiger partial charge is 0.123 e. The Bertz CT molecular complexity index is 677. The Kier molecular flexibility index (Phi) is 9.04. The third kappa shape index (κ3) is 7.38. The van der Waals surface area contributed by atoms with Crippen molar-refractivity contribution in [1.29, 1.82) is 0 Å². The van der Waals surface area contributed by atoms with Crippen LogP contribution in [0.3, 0.4) is 0 Å². The predicted molar refractivity (Wildman–Crippen MR) is 112 cm³/mol. The van der Waals surface area contributed by atoms with Crippen LogP contribution in [-0.2, 0) is 0 Å². The standard InChI is InChI=1S/C23H33FN2/c1-8-18(4)15-16-26(7)19(5)9-14-23(17(2)3)25-20(6)21-10-12-22(24)13-11-21/h9-14,18H,5,8,15-16H2,1-4,6-7H3/b14-9-,25-20?. The zero-order valence-corrected chi connectivity index (χ0v) is 17.1. The SMILES string of the molecule is C=C(/C=C\C(N=C(C)c1ccc(F)cc1)=C(C)C)N(C)CCC(C)CC. The van der Waals surface area contributed by atoms with Crippen LogP contribution in [0.25, 0.3) is 0 Å². The van der Waals surface area contributed by atoms with E-state index in [9.17, 15) is 4.39 Å². The minimum absolute atomic E-state index is 0.236. The molecule has 1 aromatic carbocycles. The van der Waals surface area contributed by atoms with Crippen molar-refractivity contribution < 1.29 is 4.39 Å². The quantitative estimate of drug-likeness (QED) is 0.371. The van der Waals surface area contributed by atoms with Gasteiger partial charge in [-0.1, -0.05) is 44.6 Å². The topological polar surface area (TPSA) is 15.6 Å². The molecule has 3 heteroatoms. The molecular weight excluding hydrogens is 323 g/mol. The molecule has 1 unspecified atom stereocenters. The Balaban J connectivity index is 2.83. The third-order valence-corrected chi connectivity index (χ3v) is 4.64. The van der Waals surface area contributed by atoms with Gasteiger partial charge in [0.25, 0.3) is 0 Å². The Labute approximate surface area is 158 Å². The van der Waals surface area contributed by atoms with Crippen molar-refractivity contribution in [3.05, 3.63) is 71.3 Å². The first-order valence-corrected chi connectivity index (χ1v) is 9.31. The van der Waals surface area contributed by atoms with Crippen molar-refractivity contribution in [2.75, 3.05) is 13.6 Å². The van der Waals surface area contributed by atoms with E-state index in [1.165, 1.54) is 18.6 Å². The first-order valence-electron chi connectivity index (χ1n) is 9.31. The average molecular weight is 357 g/mol. The van der Waals surface area contributed by atoms with Crippen molar-refractivity contribution in [2.45, 2.75) is 47.5 Å². The van der Waals surface area contributed by atoms with Gasteiger partial charge in [-0.15, -0.1) is 0 Å². The molecular formula is C23H33FN2. The molecule has 0 saturated carbocycles. The molecule has 0 amide bonds. The summed E-state index contributed by atoms with van der Waals surface area (Å²) >= 11 is 0. The summed E-state index contributed by atoms with van der Waals surface area (Å²) < 4.78 is 13.1. The van der Waals surface area contributed by atoms with E-state index >= 15 is 0 Å². The van der Waals surface area contributed by atoms with Crippen molar-refractivity contribution >= 4 is 5.71 Å². The number of aliphatic imine (C=N–C) groups is 1. The number of likely N-dealkylation sites (N-methyl/N-ethyl adjacent to an activating group) is 1. The predicted octanol–water partition coefficient (Wildman–Crippen LogP) is 6.37. The van der Waals surface area contributed by atoms with Crippen molar-refractivity contribution in [3.63, 3.8) is 0 Å². The summed E-state index contributed by atoms with van der Waals surface area (Å²) in [5.74, 6) is 0.492. The molecule has 0 heterocycles. The van der Waals surface area contributed by atoms with Gasteiger partial charge in [-0.2, -0.15) is 0 Å². The van der Waals surface area contributed by atoms with Crippen LogP contribution in [0.5, 0.6) is 0 Å². The van der Waals surface area contributed by atoms with Crippen molar-refractivity contribution in [1.82, 2.24) is 4.90 Å². The summed E-state index contributed by atoms with van der Waals surface area (Å²) in [6.45, 7) is 15.7. The highest BCUT2D eigenvalue weighted by Gasteiger charge is 2.04. The summed E-state index contributed by atoms with van der Waals surface area (Å²) in [5, 5.41) is 0. The van der Waals surface area contributed by atoms with Crippen LogP contribution in [-0.4, -0.2) is 24.2 Å². The highest BCUT2D eigenvalue weighted by molar-refractivity contribution is 5.99. The largest absolute Gasteiger partial charge is 0.375 e. The van der Waals surface area contributed by atoms with E-state index in [1.54, 1.807) is 12.1 Å². The maximum atomic E-state index is 13.1. The second-order valence-electron chi connectivity index (χ2n) is 7.14. The summed E-state index contributed by atoms with van der Waals surface area (Å²) in [4.78, 5) is 6.90. The van der Waals surface area contributed by atoms with E-state index in [1.807, 2.05) is 32.9 Å². The normalized spacial score (nSPS) is 13.0. The number of allylic oxidation sites excluding steroid dienone is 3. The molecule has 0 aromatic heterocycles. The summed E-state index contributed by atoms with van der Waals surface area (Å²) in [5.41, 5.74) is 4.78. The Morgan fingerprint density at radius 1 is 1.19 bits per heavy atom. The van der Waals surface area contributed by atoms with Crippen molar-refractivity contribution in [3.8, 4) is 0 Å². The molecule has 0 radical (unpaired) electrons. The summed E-state index contributed by atoms with van der Waals surface area (Å²) in [6.07, 6.45) is 6.39. The number of hydrogen-bond donors (Lipinski definition) is 0. The number of halogens is 1. The number of nitrogens with zero attached hydrogens (tertiary/aromatic N) is 2. The van der Waals surface area contributed by atoms with Gasteiger partial charge >= 0.3 is 0 Å². The van der Waals surface area contributed by atoms with Crippen LogP contribution in [0.2, 0.25) is 0 Å². The number of rotatable bonds is 9. The molecule has 0 aliphatic rings. The van der Waals surface area contributed by atoms with Crippen LogP contribution in [0.1, 0.15) is 53.0 Å². The van der Waals surface area contributed by atoms with Gasteiger partial charge in [0.15, 0.2) is 0 Å². The van der Waals surface area contributed by atoms with Gasteiger partial charge in [-0.3, -0.25) is 4.99 Å². The van der Waals surface area contributed by atoms with Gasteiger partial charge in [0.2, 0.25) is 0 Å². The lowest BCUT2D eigenvalue weighted by atomic mass is 10.1. The van der Waals surface area contributed by atoms with E-state index in [2.05, 4.69) is 32.4 Å². The number of benzene rings is 1. The molecule has 1 atom stereocenters. The molecule has 0 aliphatic carbocycles.